The van der Waals surface area contributed by atoms with Crippen LogP contribution in [0.3, 0.4) is 0 Å². The monoisotopic (exact) mass is 226 g/mol. The van der Waals surface area contributed by atoms with Gasteiger partial charge in [0, 0.05) is 29.8 Å². The lowest BCUT2D eigenvalue weighted by Gasteiger charge is -2.38. The molecule has 82 valence electrons. The zero-order valence-corrected chi connectivity index (χ0v) is 9.72. The second-order valence-electron chi connectivity index (χ2n) is 3.83. The number of hydrogen-bond acceptors (Lipinski definition) is 3. The number of hydrogen-bond donors (Lipinski definition) is 1. The maximum Gasteiger partial charge on any atom is 0.147 e. The number of rotatable bonds is 1. The van der Waals surface area contributed by atoms with Gasteiger partial charge in [0.15, 0.2) is 0 Å². The Morgan fingerprint density at radius 1 is 1.53 bits per heavy atom. The minimum atomic E-state index is -0.148. The molecule has 1 aliphatic rings. The molecule has 1 aliphatic heterocycles. The van der Waals surface area contributed by atoms with Gasteiger partial charge in [-0.25, -0.2) is 4.39 Å². The van der Waals surface area contributed by atoms with Crippen LogP contribution >= 0.6 is 11.8 Å². The molecule has 2 unspecified atom stereocenters. The minimum Gasteiger partial charge on any atom is -0.367 e. The van der Waals surface area contributed by atoms with Gasteiger partial charge in [0.2, 0.25) is 0 Å². The molecule has 2 N–H and O–H groups in total. The average molecular weight is 226 g/mol. The van der Waals surface area contributed by atoms with Crippen LogP contribution < -0.4 is 10.6 Å². The first-order valence-electron chi connectivity index (χ1n) is 5.03. The summed E-state index contributed by atoms with van der Waals surface area (Å²) in [6, 6.07) is 5.47. The van der Waals surface area contributed by atoms with Crippen LogP contribution in [0, 0.1) is 5.82 Å². The molecule has 0 aromatic heterocycles. The standard InChI is InChI=1S/C11H15FN2S/c1-7-10(6-13)15-9-5-3-4-8(12)11(9)14(7)2/h3-5,7,10H,6,13H2,1-2H3. The van der Waals surface area contributed by atoms with Gasteiger partial charge in [-0.15, -0.1) is 11.8 Å². The molecule has 0 amide bonds. The van der Waals surface area contributed by atoms with E-state index in [-0.39, 0.29) is 11.9 Å². The first-order chi connectivity index (χ1) is 7.15. The van der Waals surface area contributed by atoms with Crippen molar-refractivity contribution in [3.8, 4) is 0 Å². The molecular formula is C11H15FN2S. The molecule has 1 aromatic rings. The Bertz CT molecular complexity index is 370. The molecular weight excluding hydrogens is 211 g/mol. The van der Waals surface area contributed by atoms with Crippen LogP contribution in [0.15, 0.2) is 23.1 Å². The zero-order valence-electron chi connectivity index (χ0n) is 8.90. The van der Waals surface area contributed by atoms with Gasteiger partial charge >= 0.3 is 0 Å². The number of nitrogens with two attached hydrogens (primary N) is 1. The highest BCUT2D eigenvalue weighted by atomic mass is 32.2. The van der Waals surface area contributed by atoms with Crippen LogP contribution in [-0.2, 0) is 0 Å². The number of para-hydroxylation sites is 1. The maximum absolute atomic E-state index is 13.6. The number of fused-ring (bicyclic) bond motifs is 1. The predicted molar refractivity (Wildman–Crippen MR) is 63.0 cm³/mol. The Hall–Kier alpha value is -0.740. The molecule has 2 nitrogen and oxygen atoms in total. The van der Waals surface area contributed by atoms with E-state index in [0.29, 0.717) is 17.5 Å². The van der Waals surface area contributed by atoms with E-state index in [9.17, 15) is 4.39 Å². The SMILES string of the molecule is CC1C(CN)Sc2cccc(F)c2N1C. The summed E-state index contributed by atoms with van der Waals surface area (Å²) in [6.45, 7) is 2.70. The Balaban J connectivity index is 2.45. The van der Waals surface area contributed by atoms with Gasteiger partial charge in [-0.2, -0.15) is 0 Å². The van der Waals surface area contributed by atoms with Gasteiger partial charge in [0.25, 0.3) is 0 Å². The van der Waals surface area contributed by atoms with Crippen LogP contribution in [0.25, 0.3) is 0 Å². The van der Waals surface area contributed by atoms with E-state index >= 15 is 0 Å². The van der Waals surface area contributed by atoms with Crippen LogP contribution in [0.2, 0.25) is 0 Å². The second-order valence-corrected chi connectivity index (χ2v) is 5.11. The summed E-state index contributed by atoms with van der Waals surface area (Å²) < 4.78 is 13.6. The highest BCUT2D eigenvalue weighted by Gasteiger charge is 2.30. The van der Waals surface area contributed by atoms with Crippen molar-refractivity contribution < 1.29 is 4.39 Å². The Kier molecular flexibility index (Phi) is 2.89. The zero-order chi connectivity index (χ0) is 11.0. The second kappa shape index (κ2) is 4.02. The third-order valence-electron chi connectivity index (χ3n) is 2.96. The van der Waals surface area contributed by atoms with E-state index in [0.717, 1.165) is 4.90 Å². The third-order valence-corrected chi connectivity index (χ3v) is 4.43. The predicted octanol–water partition coefficient (Wildman–Crippen LogP) is 2.08. The fourth-order valence-corrected chi connectivity index (χ4v) is 3.20. The van der Waals surface area contributed by atoms with Crippen LogP contribution in [0.1, 0.15) is 6.92 Å². The number of thioether (sulfide) groups is 1. The van der Waals surface area contributed by atoms with Crippen LogP contribution in [-0.4, -0.2) is 24.9 Å². The minimum absolute atomic E-state index is 0.148. The number of benzene rings is 1. The molecule has 4 heteroatoms. The van der Waals surface area contributed by atoms with E-state index in [1.54, 1.807) is 17.8 Å². The molecule has 1 aromatic carbocycles. The summed E-state index contributed by atoms with van der Waals surface area (Å²) in [7, 11) is 1.93. The fourth-order valence-electron chi connectivity index (χ4n) is 1.89. The van der Waals surface area contributed by atoms with E-state index in [1.165, 1.54) is 6.07 Å². The van der Waals surface area contributed by atoms with Crippen molar-refractivity contribution in [1.82, 2.24) is 0 Å². The summed E-state index contributed by atoms with van der Waals surface area (Å²) in [6.07, 6.45) is 0. The van der Waals surface area contributed by atoms with Gasteiger partial charge in [0.1, 0.15) is 5.82 Å². The van der Waals surface area contributed by atoms with E-state index in [4.69, 9.17) is 5.73 Å². The van der Waals surface area contributed by atoms with Gasteiger partial charge in [0.05, 0.1) is 5.69 Å². The topological polar surface area (TPSA) is 29.3 Å². The van der Waals surface area contributed by atoms with Crippen molar-refractivity contribution in [2.75, 3.05) is 18.5 Å². The van der Waals surface area contributed by atoms with Gasteiger partial charge in [-0.05, 0) is 19.1 Å². The van der Waals surface area contributed by atoms with Crippen molar-refractivity contribution in [2.45, 2.75) is 23.1 Å². The highest BCUT2D eigenvalue weighted by molar-refractivity contribution is 8.00. The van der Waals surface area contributed by atoms with Crippen molar-refractivity contribution in [3.05, 3.63) is 24.0 Å². The first-order valence-corrected chi connectivity index (χ1v) is 5.91. The van der Waals surface area contributed by atoms with E-state index in [1.807, 2.05) is 18.0 Å². The van der Waals surface area contributed by atoms with Crippen LogP contribution in [0.4, 0.5) is 10.1 Å². The quantitative estimate of drug-likeness (QED) is 0.795. The van der Waals surface area contributed by atoms with E-state index < -0.39 is 0 Å². The molecule has 0 saturated carbocycles. The van der Waals surface area contributed by atoms with Crippen molar-refractivity contribution in [3.63, 3.8) is 0 Å². The number of anilines is 1. The van der Waals surface area contributed by atoms with Crippen LogP contribution in [0.5, 0.6) is 0 Å². The van der Waals surface area contributed by atoms with Gasteiger partial charge in [-0.1, -0.05) is 6.07 Å². The van der Waals surface area contributed by atoms with Gasteiger partial charge < -0.3 is 10.6 Å². The molecule has 2 atom stereocenters. The summed E-state index contributed by atoms with van der Waals surface area (Å²) in [5.74, 6) is -0.148. The summed E-state index contributed by atoms with van der Waals surface area (Å²) in [5.41, 5.74) is 6.42. The first kappa shape index (κ1) is 10.8. The number of nitrogens with zero attached hydrogens (tertiary/aromatic N) is 1. The molecule has 0 fully saturated rings. The molecule has 2 rings (SSSR count). The lowest BCUT2D eigenvalue weighted by molar-refractivity contribution is 0.583. The molecule has 0 aliphatic carbocycles. The molecule has 15 heavy (non-hydrogen) atoms. The molecule has 1 heterocycles. The Labute approximate surface area is 93.6 Å². The Morgan fingerprint density at radius 2 is 2.27 bits per heavy atom. The van der Waals surface area contributed by atoms with Gasteiger partial charge in [-0.3, -0.25) is 0 Å². The largest absolute Gasteiger partial charge is 0.367 e. The fraction of sp³-hybridized carbons (Fsp3) is 0.455. The maximum atomic E-state index is 13.6. The highest BCUT2D eigenvalue weighted by Crippen LogP contribution is 2.41. The van der Waals surface area contributed by atoms with E-state index in [2.05, 4.69) is 6.92 Å². The summed E-state index contributed by atoms with van der Waals surface area (Å²) >= 11 is 1.68. The molecule has 0 radical (unpaired) electrons. The van der Waals surface area contributed by atoms with Crippen molar-refractivity contribution in [1.29, 1.82) is 0 Å². The average Bonchev–Trinajstić information content (AvgIpc) is 2.23. The summed E-state index contributed by atoms with van der Waals surface area (Å²) in [4.78, 5) is 2.98. The summed E-state index contributed by atoms with van der Waals surface area (Å²) in [5, 5.41) is 0.337. The molecule has 0 saturated heterocycles. The lowest BCUT2D eigenvalue weighted by atomic mass is 10.1. The Morgan fingerprint density at radius 3 is 2.93 bits per heavy atom. The third kappa shape index (κ3) is 1.72. The lowest BCUT2D eigenvalue weighted by Crippen LogP contribution is -2.44. The van der Waals surface area contributed by atoms with Crippen molar-refractivity contribution in [2.24, 2.45) is 5.73 Å². The molecule has 0 bridgehead atoms. The normalized spacial score (nSPS) is 25.2. The van der Waals surface area contributed by atoms with Crippen molar-refractivity contribution >= 4 is 17.4 Å². The number of halogens is 1. The smallest absolute Gasteiger partial charge is 0.147 e. The molecule has 0 spiro atoms.